The molecule has 58 valence electrons. The predicted molar refractivity (Wildman–Crippen MR) is 42.6 cm³/mol. The smallest absolute Gasteiger partial charge is 0.0794 e. The first-order valence-corrected chi connectivity index (χ1v) is 3.87. The summed E-state index contributed by atoms with van der Waals surface area (Å²) in [7, 11) is 1.76. The van der Waals surface area contributed by atoms with E-state index in [0.29, 0.717) is 12.1 Å². The Labute approximate surface area is 62.3 Å². The van der Waals surface area contributed by atoms with E-state index >= 15 is 0 Å². The van der Waals surface area contributed by atoms with Gasteiger partial charge in [-0.05, 0) is 19.6 Å². The number of aliphatic imine (C=N–C) groups is 1. The molecule has 0 amide bonds. The molecule has 0 bridgehead atoms. The first-order chi connectivity index (χ1) is 4.88. The largest absolute Gasteiger partial charge is 0.379 e. The SMILES string of the molecule is C=NC1CCCCC1OC. The molecule has 10 heavy (non-hydrogen) atoms. The minimum Gasteiger partial charge on any atom is -0.379 e. The van der Waals surface area contributed by atoms with Crippen LogP contribution in [0.5, 0.6) is 0 Å². The molecule has 0 aliphatic heterocycles. The number of rotatable bonds is 2. The molecule has 2 atom stereocenters. The third kappa shape index (κ3) is 1.57. The Balaban J connectivity index is 2.41. The lowest BCUT2D eigenvalue weighted by molar-refractivity contribution is 0.0556. The van der Waals surface area contributed by atoms with Crippen molar-refractivity contribution in [2.75, 3.05) is 7.11 Å². The minimum atomic E-state index is 0.339. The summed E-state index contributed by atoms with van der Waals surface area (Å²) in [6.07, 6.45) is 5.21. The van der Waals surface area contributed by atoms with E-state index in [2.05, 4.69) is 11.7 Å². The lowest BCUT2D eigenvalue weighted by atomic mass is 9.93. The molecule has 1 rings (SSSR count). The summed E-state index contributed by atoms with van der Waals surface area (Å²) < 4.78 is 5.26. The molecule has 0 radical (unpaired) electrons. The summed E-state index contributed by atoms with van der Waals surface area (Å²) in [4.78, 5) is 4.02. The summed E-state index contributed by atoms with van der Waals surface area (Å²) in [5, 5.41) is 0. The highest BCUT2D eigenvalue weighted by Crippen LogP contribution is 2.22. The van der Waals surface area contributed by atoms with Gasteiger partial charge < -0.3 is 4.74 Å². The number of nitrogens with zero attached hydrogens (tertiary/aromatic N) is 1. The van der Waals surface area contributed by atoms with E-state index in [1.807, 2.05) is 0 Å². The second-order valence-corrected chi connectivity index (χ2v) is 2.81. The number of ether oxygens (including phenoxy) is 1. The van der Waals surface area contributed by atoms with E-state index in [1.54, 1.807) is 7.11 Å². The van der Waals surface area contributed by atoms with Crippen molar-refractivity contribution in [3.63, 3.8) is 0 Å². The van der Waals surface area contributed by atoms with Crippen LogP contribution in [0, 0.1) is 0 Å². The normalized spacial score (nSPS) is 33.7. The van der Waals surface area contributed by atoms with Gasteiger partial charge in [0.25, 0.3) is 0 Å². The summed E-state index contributed by atoms with van der Waals surface area (Å²) >= 11 is 0. The number of hydrogen-bond acceptors (Lipinski definition) is 2. The highest BCUT2D eigenvalue weighted by atomic mass is 16.5. The van der Waals surface area contributed by atoms with Crippen LogP contribution < -0.4 is 0 Å². The Morgan fingerprint density at radius 2 is 2.10 bits per heavy atom. The molecule has 0 spiro atoms. The highest BCUT2D eigenvalue weighted by Gasteiger charge is 2.22. The van der Waals surface area contributed by atoms with Crippen molar-refractivity contribution in [1.82, 2.24) is 0 Å². The fourth-order valence-electron chi connectivity index (χ4n) is 1.56. The zero-order chi connectivity index (χ0) is 7.40. The third-order valence-electron chi connectivity index (χ3n) is 2.20. The fourth-order valence-corrected chi connectivity index (χ4v) is 1.56. The topological polar surface area (TPSA) is 21.6 Å². The minimum absolute atomic E-state index is 0.339. The van der Waals surface area contributed by atoms with Crippen molar-refractivity contribution in [1.29, 1.82) is 0 Å². The predicted octanol–water partition coefficient (Wildman–Crippen LogP) is 1.64. The van der Waals surface area contributed by atoms with Gasteiger partial charge in [-0.25, -0.2) is 0 Å². The molecule has 1 aliphatic rings. The van der Waals surface area contributed by atoms with Crippen LogP contribution >= 0.6 is 0 Å². The Morgan fingerprint density at radius 3 is 2.60 bits per heavy atom. The van der Waals surface area contributed by atoms with Crippen LogP contribution in [0.2, 0.25) is 0 Å². The van der Waals surface area contributed by atoms with Gasteiger partial charge in [-0.15, -0.1) is 0 Å². The quantitative estimate of drug-likeness (QED) is 0.536. The third-order valence-corrected chi connectivity index (χ3v) is 2.20. The van der Waals surface area contributed by atoms with Crippen molar-refractivity contribution < 1.29 is 4.74 Å². The average molecular weight is 141 g/mol. The molecule has 2 unspecified atom stereocenters. The standard InChI is InChI=1S/C8H15NO/c1-9-7-5-3-4-6-8(7)10-2/h7-8H,1,3-6H2,2H3. The van der Waals surface area contributed by atoms with Crippen LogP contribution in [0.15, 0.2) is 4.99 Å². The van der Waals surface area contributed by atoms with E-state index in [1.165, 1.54) is 12.8 Å². The van der Waals surface area contributed by atoms with Crippen molar-refractivity contribution in [3.8, 4) is 0 Å². The number of methoxy groups -OCH3 is 1. The van der Waals surface area contributed by atoms with Crippen LogP contribution in [0.1, 0.15) is 25.7 Å². The maximum absolute atomic E-state index is 5.26. The van der Waals surface area contributed by atoms with Gasteiger partial charge in [-0.3, -0.25) is 4.99 Å². The highest BCUT2D eigenvalue weighted by molar-refractivity contribution is 5.24. The maximum atomic E-state index is 5.26. The van der Waals surface area contributed by atoms with Gasteiger partial charge in [0.2, 0.25) is 0 Å². The molecule has 0 aromatic heterocycles. The van der Waals surface area contributed by atoms with Gasteiger partial charge in [0, 0.05) is 7.11 Å². The van der Waals surface area contributed by atoms with E-state index in [-0.39, 0.29) is 0 Å². The molecule has 1 aliphatic carbocycles. The molecule has 0 N–H and O–H groups in total. The Bertz CT molecular complexity index is 114. The molecule has 0 saturated heterocycles. The number of hydrogen-bond donors (Lipinski definition) is 0. The van der Waals surface area contributed by atoms with Crippen molar-refractivity contribution in [2.24, 2.45) is 4.99 Å². The van der Waals surface area contributed by atoms with Gasteiger partial charge in [0.15, 0.2) is 0 Å². The zero-order valence-electron chi connectivity index (χ0n) is 6.55. The summed E-state index contributed by atoms with van der Waals surface area (Å²) in [5.41, 5.74) is 0. The molecule has 1 saturated carbocycles. The first-order valence-electron chi connectivity index (χ1n) is 3.87. The van der Waals surface area contributed by atoms with E-state index < -0.39 is 0 Å². The second kappa shape index (κ2) is 3.71. The van der Waals surface area contributed by atoms with Gasteiger partial charge in [0.05, 0.1) is 12.1 Å². The Morgan fingerprint density at radius 1 is 1.40 bits per heavy atom. The molecule has 0 aromatic rings. The first kappa shape index (κ1) is 7.73. The molecule has 2 heteroatoms. The molecular formula is C8H15NO. The fraction of sp³-hybridized carbons (Fsp3) is 0.875. The van der Waals surface area contributed by atoms with Crippen LogP contribution in [-0.4, -0.2) is 26.0 Å². The van der Waals surface area contributed by atoms with Gasteiger partial charge in [0.1, 0.15) is 0 Å². The van der Waals surface area contributed by atoms with Crippen molar-refractivity contribution >= 4 is 6.72 Å². The summed E-state index contributed by atoms with van der Waals surface area (Å²) in [6, 6.07) is 0.360. The summed E-state index contributed by atoms with van der Waals surface area (Å²) in [6.45, 7) is 3.55. The second-order valence-electron chi connectivity index (χ2n) is 2.81. The average Bonchev–Trinajstić information content (AvgIpc) is 2.04. The molecule has 2 nitrogen and oxygen atoms in total. The zero-order valence-corrected chi connectivity index (χ0v) is 6.55. The molecule has 0 heterocycles. The van der Waals surface area contributed by atoms with Crippen LogP contribution in [0.25, 0.3) is 0 Å². The molecule has 1 fully saturated rings. The van der Waals surface area contributed by atoms with Crippen LogP contribution in [0.4, 0.5) is 0 Å². The Hall–Kier alpha value is -0.370. The summed E-state index contributed by atoms with van der Waals surface area (Å²) in [5.74, 6) is 0. The molecular weight excluding hydrogens is 126 g/mol. The lowest BCUT2D eigenvalue weighted by Crippen LogP contribution is -2.29. The van der Waals surface area contributed by atoms with Gasteiger partial charge in [-0.1, -0.05) is 12.8 Å². The Kier molecular flexibility index (Phi) is 2.87. The van der Waals surface area contributed by atoms with E-state index in [4.69, 9.17) is 4.74 Å². The van der Waals surface area contributed by atoms with Gasteiger partial charge in [-0.2, -0.15) is 0 Å². The van der Waals surface area contributed by atoms with E-state index in [0.717, 1.165) is 12.8 Å². The monoisotopic (exact) mass is 141 g/mol. The maximum Gasteiger partial charge on any atom is 0.0794 e. The van der Waals surface area contributed by atoms with Gasteiger partial charge >= 0.3 is 0 Å². The van der Waals surface area contributed by atoms with Crippen LogP contribution in [-0.2, 0) is 4.74 Å². The van der Waals surface area contributed by atoms with E-state index in [9.17, 15) is 0 Å². The molecule has 0 aromatic carbocycles. The van der Waals surface area contributed by atoms with Crippen molar-refractivity contribution in [3.05, 3.63) is 0 Å². The lowest BCUT2D eigenvalue weighted by Gasteiger charge is -2.26. The van der Waals surface area contributed by atoms with Crippen molar-refractivity contribution in [2.45, 2.75) is 37.8 Å². The van der Waals surface area contributed by atoms with Crippen LogP contribution in [0.3, 0.4) is 0 Å².